The number of aliphatic hydroxyl groups excluding tert-OH is 1. The number of aliphatic hydroxyl groups is 1. The number of hydrogen-bond donors (Lipinski definition) is 1. The molecule has 1 rings (SSSR count). The summed E-state index contributed by atoms with van der Waals surface area (Å²) in [6.45, 7) is 1.91. The third-order valence-electron chi connectivity index (χ3n) is 1.90. The molecule has 0 radical (unpaired) electrons. The first-order valence-corrected chi connectivity index (χ1v) is 4.89. The first kappa shape index (κ1) is 12.1. The molecule has 0 heterocycles. The molecule has 0 bridgehead atoms. The highest BCUT2D eigenvalue weighted by Gasteiger charge is 2.07. The predicted octanol–water partition coefficient (Wildman–Crippen LogP) is 2.16. The van der Waals surface area contributed by atoms with Crippen molar-refractivity contribution >= 4 is 12.0 Å². The SMILES string of the molecule is CCOC(=O)/C(O)=C/c1ccc(OC)cc1. The molecule has 1 aromatic rings. The van der Waals surface area contributed by atoms with Crippen LogP contribution in [0.4, 0.5) is 0 Å². The van der Waals surface area contributed by atoms with Crippen molar-refractivity contribution in [1.29, 1.82) is 0 Å². The number of carbonyl (C=O) groups is 1. The van der Waals surface area contributed by atoms with Crippen molar-refractivity contribution in [2.75, 3.05) is 13.7 Å². The van der Waals surface area contributed by atoms with E-state index in [4.69, 9.17) is 4.74 Å². The van der Waals surface area contributed by atoms with E-state index in [1.165, 1.54) is 6.08 Å². The Hall–Kier alpha value is -1.97. The van der Waals surface area contributed by atoms with E-state index in [2.05, 4.69) is 4.74 Å². The Morgan fingerprint density at radius 3 is 2.50 bits per heavy atom. The maximum atomic E-state index is 11.1. The summed E-state index contributed by atoms with van der Waals surface area (Å²) in [5.41, 5.74) is 0.700. The highest BCUT2D eigenvalue weighted by Crippen LogP contribution is 2.13. The van der Waals surface area contributed by atoms with E-state index >= 15 is 0 Å². The fraction of sp³-hybridized carbons (Fsp3) is 0.250. The third kappa shape index (κ3) is 3.31. The molecular weight excluding hydrogens is 208 g/mol. The van der Waals surface area contributed by atoms with E-state index < -0.39 is 11.7 Å². The second-order valence-electron chi connectivity index (χ2n) is 3.02. The molecule has 0 saturated carbocycles. The first-order valence-electron chi connectivity index (χ1n) is 4.89. The molecule has 0 aliphatic rings. The Bertz CT molecular complexity index is 379. The van der Waals surface area contributed by atoms with Crippen LogP contribution in [0.25, 0.3) is 6.08 Å². The van der Waals surface area contributed by atoms with Gasteiger partial charge in [-0.05, 0) is 30.7 Å². The van der Waals surface area contributed by atoms with E-state index in [0.29, 0.717) is 11.3 Å². The van der Waals surface area contributed by atoms with Crippen molar-refractivity contribution in [3.8, 4) is 5.75 Å². The lowest BCUT2D eigenvalue weighted by Gasteiger charge is -2.01. The zero-order valence-electron chi connectivity index (χ0n) is 9.27. The molecule has 0 unspecified atom stereocenters. The Morgan fingerprint density at radius 1 is 1.38 bits per heavy atom. The summed E-state index contributed by atoms with van der Waals surface area (Å²) in [6, 6.07) is 6.94. The van der Waals surface area contributed by atoms with Crippen molar-refractivity contribution in [2.24, 2.45) is 0 Å². The monoisotopic (exact) mass is 222 g/mol. The molecule has 1 aromatic carbocycles. The van der Waals surface area contributed by atoms with Crippen molar-refractivity contribution in [3.05, 3.63) is 35.6 Å². The van der Waals surface area contributed by atoms with Gasteiger partial charge in [0.15, 0.2) is 0 Å². The van der Waals surface area contributed by atoms with Crippen LogP contribution in [0.3, 0.4) is 0 Å². The van der Waals surface area contributed by atoms with Gasteiger partial charge in [-0.1, -0.05) is 12.1 Å². The topological polar surface area (TPSA) is 55.8 Å². The van der Waals surface area contributed by atoms with Gasteiger partial charge in [0.1, 0.15) is 5.75 Å². The Morgan fingerprint density at radius 2 is 2.00 bits per heavy atom. The van der Waals surface area contributed by atoms with Crippen LogP contribution in [0.5, 0.6) is 5.75 Å². The molecule has 0 aliphatic heterocycles. The lowest BCUT2D eigenvalue weighted by atomic mass is 10.2. The van der Waals surface area contributed by atoms with Crippen LogP contribution in [-0.4, -0.2) is 24.8 Å². The summed E-state index contributed by atoms with van der Waals surface area (Å²) in [6.07, 6.45) is 1.34. The minimum Gasteiger partial charge on any atom is -0.502 e. The average Bonchev–Trinajstić information content (AvgIpc) is 2.30. The van der Waals surface area contributed by atoms with E-state index in [1.807, 2.05) is 0 Å². The largest absolute Gasteiger partial charge is 0.502 e. The molecule has 0 spiro atoms. The summed E-state index contributed by atoms with van der Waals surface area (Å²) >= 11 is 0. The van der Waals surface area contributed by atoms with Gasteiger partial charge in [0, 0.05) is 0 Å². The van der Waals surface area contributed by atoms with Crippen molar-refractivity contribution in [3.63, 3.8) is 0 Å². The Balaban J connectivity index is 2.77. The van der Waals surface area contributed by atoms with Crippen LogP contribution in [0.1, 0.15) is 12.5 Å². The highest BCUT2D eigenvalue weighted by atomic mass is 16.5. The number of carbonyl (C=O) groups excluding carboxylic acids is 1. The normalized spacial score (nSPS) is 11.0. The number of ether oxygens (including phenoxy) is 2. The molecule has 0 atom stereocenters. The van der Waals surface area contributed by atoms with Gasteiger partial charge in [0.25, 0.3) is 0 Å². The number of benzene rings is 1. The first-order chi connectivity index (χ1) is 7.67. The zero-order chi connectivity index (χ0) is 12.0. The molecule has 1 N–H and O–H groups in total. The van der Waals surface area contributed by atoms with Crippen LogP contribution in [0.2, 0.25) is 0 Å². The van der Waals surface area contributed by atoms with E-state index in [9.17, 15) is 9.90 Å². The van der Waals surface area contributed by atoms with Gasteiger partial charge in [-0.15, -0.1) is 0 Å². The number of hydrogen-bond acceptors (Lipinski definition) is 4. The minimum absolute atomic E-state index is 0.235. The van der Waals surface area contributed by atoms with Gasteiger partial charge in [-0.2, -0.15) is 0 Å². The van der Waals surface area contributed by atoms with Crippen LogP contribution < -0.4 is 4.74 Å². The predicted molar refractivity (Wildman–Crippen MR) is 60.2 cm³/mol. The molecule has 0 fully saturated rings. The highest BCUT2D eigenvalue weighted by molar-refractivity contribution is 5.90. The lowest BCUT2D eigenvalue weighted by molar-refractivity contribution is -0.141. The Kier molecular flexibility index (Phi) is 4.39. The summed E-state index contributed by atoms with van der Waals surface area (Å²) in [4.78, 5) is 11.1. The van der Waals surface area contributed by atoms with Gasteiger partial charge in [0.05, 0.1) is 13.7 Å². The van der Waals surface area contributed by atoms with Crippen molar-refractivity contribution < 1.29 is 19.4 Å². The number of rotatable bonds is 4. The van der Waals surface area contributed by atoms with Gasteiger partial charge in [-0.25, -0.2) is 4.79 Å². The lowest BCUT2D eigenvalue weighted by Crippen LogP contribution is -2.06. The smallest absolute Gasteiger partial charge is 0.373 e. The van der Waals surface area contributed by atoms with E-state index in [0.717, 1.165) is 0 Å². The van der Waals surface area contributed by atoms with Crippen molar-refractivity contribution in [1.82, 2.24) is 0 Å². The molecule has 86 valence electrons. The molecule has 0 amide bonds. The summed E-state index contributed by atoms with van der Waals surface area (Å²) in [7, 11) is 1.57. The van der Waals surface area contributed by atoms with Crippen LogP contribution >= 0.6 is 0 Å². The molecule has 4 heteroatoms. The third-order valence-corrected chi connectivity index (χ3v) is 1.90. The molecule has 0 aromatic heterocycles. The van der Waals surface area contributed by atoms with Gasteiger partial charge >= 0.3 is 5.97 Å². The Labute approximate surface area is 94.1 Å². The second-order valence-corrected chi connectivity index (χ2v) is 3.02. The summed E-state index contributed by atoms with van der Waals surface area (Å²) < 4.78 is 9.62. The van der Waals surface area contributed by atoms with Gasteiger partial charge < -0.3 is 14.6 Å². The maximum Gasteiger partial charge on any atom is 0.373 e. The van der Waals surface area contributed by atoms with Crippen LogP contribution in [0.15, 0.2) is 30.0 Å². The fourth-order valence-corrected chi connectivity index (χ4v) is 1.12. The number of esters is 1. The average molecular weight is 222 g/mol. The summed E-state index contributed by atoms with van der Waals surface area (Å²) in [5.74, 6) is -0.418. The fourth-order valence-electron chi connectivity index (χ4n) is 1.12. The summed E-state index contributed by atoms with van der Waals surface area (Å²) in [5, 5.41) is 9.38. The van der Waals surface area contributed by atoms with Crippen LogP contribution in [0, 0.1) is 0 Å². The van der Waals surface area contributed by atoms with Crippen LogP contribution in [-0.2, 0) is 9.53 Å². The maximum absolute atomic E-state index is 11.1. The van der Waals surface area contributed by atoms with E-state index in [-0.39, 0.29) is 6.61 Å². The van der Waals surface area contributed by atoms with Gasteiger partial charge in [0.2, 0.25) is 5.76 Å². The number of methoxy groups -OCH3 is 1. The molecular formula is C12H14O4. The second kappa shape index (κ2) is 5.80. The van der Waals surface area contributed by atoms with Crippen molar-refractivity contribution in [2.45, 2.75) is 6.92 Å². The molecule has 0 saturated heterocycles. The quantitative estimate of drug-likeness (QED) is 0.482. The minimum atomic E-state index is -0.724. The standard InChI is InChI=1S/C12H14O4/c1-3-16-12(14)11(13)8-9-4-6-10(15-2)7-5-9/h4-8,13H,3H2,1-2H3/b11-8-. The zero-order valence-corrected chi connectivity index (χ0v) is 9.27. The molecule has 16 heavy (non-hydrogen) atoms. The van der Waals surface area contributed by atoms with Gasteiger partial charge in [-0.3, -0.25) is 0 Å². The molecule has 4 nitrogen and oxygen atoms in total. The van der Waals surface area contributed by atoms with E-state index in [1.54, 1.807) is 38.3 Å². The molecule has 0 aliphatic carbocycles.